The van der Waals surface area contributed by atoms with Crippen molar-refractivity contribution in [3.63, 3.8) is 0 Å². The quantitative estimate of drug-likeness (QED) is 0.709. The van der Waals surface area contributed by atoms with E-state index in [1.54, 1.807) is 12.1 Å². The van der Waals surface area contributed by atoms with Gasteiger partial charge in [0.2, 0.25) is 0 Å². The van der Waals surface area contributed by atoms with Crippen molar-refractivity contribution >= 4 is 11.3 Å². The van der Waals surface area contributed by atoms with Crippen LogP contribution in [0.2, 0.25) is 0 Å². The van der Waals surface area contributed by atoms with E-state index in [-0.39, 0.29) is 5.82 Å². The molecule has 2 unspecified atom stereocenters. The molecule has 2 aromatic rings. The molecular formula is C26H31FN2. The molecule has 0 spiro atoms. The average Bonchev–Trinajstić information content (AvgIpc) is 3.04. The van der Waals surface area contributed by atoms with Crippen molar-refractivity contribution < 1.29 is 4.39 Å². The van der Waals surface area contributed by atoms with E-state index in [1.165, 1.54) is 53.9 Å². The van der Waals surface area contributed by atoms with Crippen LogP contribution in [0.3, 0.4) is 0 Å². The van der Waals surface area contributed by atoms with Crippen molar-refractivity contribution in [2.24, 2.45) is 5.92 Å². The number of halogens is 1. The summed E-state index contributed by atoms with van der Waals surface area (Å²) in [5.41, 5.74) is 7.55. The number of rotatable bonds is 3. The lowest BCUT2D eigenvalue weighted by atomic mass is 9.85. The van der Waals surface area contributed by atoms with Gasteiger partial charge in [-0.25, -0.2) is 4.39 Å². The average molecular weight is 391 g/mol. The summed E-state index contributed by atoms with van der Waals surface area (Å²) >= 11 is 0. The van der Waals surface area contributed by atoms with Gasteiger partial charge < -0.3 is 10.2 Å². The minimum absolute atomic E-state index is 0.133. The molecule has 0 aromatic heterocycles. The predicted octanol–water partition coefficient (Wildman–Crippen LogP) is 5.83. The van der Waals surface area contributed by atoms with Gasteiger partial charge in [0.05, 0.1) is 0 Å². The summed E-state index contributed by atoms with van der Waals surface area (Å²) in [6.07, 6.45) is 6.88. The fourth-order valence-corrected chi connectivity index (χ4v) is 5.29. The molecule has 0 saturated carbocycles. The van der Waals surface area contributed by atoms with Gasteiger partial charge in [0.25, 0.3) is 0 Å². The van der Waals surface area contributed by atoms with Crippen LogP contribution in [0.25, 0.3) is 5.57 Å². The SMILES string of the molecule is CC1CCN(CC2Nc3ccc(C4=CCCc5cc(F)ccc54)cc3C2C)CC1. The first-order valence-corrected chi connectivity index (χ1v) is 11.2. The molecule has 29 heavy (non-hydrogen) atoms. The van der Waals surface area contributed by atoms with Crippen molar-refractivity contribution in [3.8, 4) is 0 Å². The number of hydrogen-bond acceptors (Lipinski definition) is 2. The number of anilines is 1. The van der Waals surface area contributed by atoms with E-state index in [9.17, 15) is 4.39 Å². The second-order valence-corrected chi connectivity index (χ2v) is 9.28. The summed E-state index contributed by atoms with van der Waals surface area (Å²) in [7, 11) is 0. The van der Waals surface area contributed by atoms with Crippen LogP contribution in [-0.4, -0.2) is 30.6 Å². The van der Waals surface area contributed by atoms with E-state index in [0.717, 1.165) is 30.9 Å². The number of fused-ring (bicyclic) bond motifs is 2. The van der Waals surface area contributed by atoms with Gasteiger partial charge >= 0.3 is 0 Å². The summed E-state index contributed by atoms with van der Waals surface area (Å²) in [5, 5.41) is 3.79. The molecule has 0 radical (unpaired) electrons. The predicted molar refractivity (Wildman–Crippen MR) is 119 cm³/mol. The van der Waals surface area contributed by atoms with E-state index in [0.29, 0.717) is 12.0 Å². The molecule has 1 N–H and O–H groups in total. The molecule has 3 heteroatoms. The Kier molecular flexibility index (Phi) is 4.95. The third-order valence-corrected chi connectivity index (χ3v) is 7.25. The van der Waals surface area contributed by atoms with Crippen LogP contribution in [0.5, 0.6) is 0 Å². The summed E-state index contributed by atoms with van der Waals surface area (Å²) in [6.45, 7) is 8.32. The van der Waals surface area contributed by atoms with E-state index in [4.69, 9.17) is 0 Å². The molecule has 1 fully saturated rings. The molecule has 152 valence electrons. The van der Waals surface area contributed by atoms with Crippen molar-refractivity contribution in [2.45, 2.75) is 51.5 Å². The minimum atomic E-state index is -0.133. The third-order valence-electron chi connectivity index (χ3n) is 7.25. The van der Waals surface area contributed by atoms with Crippen LogP contribution in [-0.2, 0) is 6.42 Å². The first kappa shape index (κ1) is 18.9. The van der Waals surface area contributed by atoms with Gasteiger partial charge in [-0.3, -0.25) is 0 Å². The van der Waals surface area contributed by atoms with Crippen LogP contribution < -0.4 is 5.32 Å². The Morgan fingerprint density at radius 3 is 2.72 bits per heavy atom. The summed E-state index contributed by atoms with van der Waals surface area (Å²) in [5.74, 6) is 1.24. The topological polar surface area (TPSA) is 15.3 Å². The highest BCUT2D eigenvalue weighted by Crippen LogP contribution is 2.40. The third kappa shape index (κ3) is 3.61. The maximum absolute atomic E-state index is 13.7. The van der Waals surface area contributed by atoms with Crippen LogP contribution in [0, 0.1) is 11.7 Å². The Morgan fingerprint density at radius 1 is 1.07 bits per heavy atom. The standard InChI is InChI=1S/C26H31FN2/c1-17-10-12-29(13-11-17)16-26-18(2)24-15-20(6-9-25(24)28-26)22-5-3-4-19-14-21(27)7-8-23(19)22/h5-9,14-15,17-18,26,28H,3-4,10-13,16H2,1-2H3. The fraction of sp³-hybridized carbons (Fsp3) is 0.462. The summed E-state index contributed by atoms with van der Waals surface area (Å²) in [4.78, 5) is 2.63. The molecule has 2 nitrogen and oxygen atoms in total. The number of aryl methyl sites for hydroxylation is 1. The largest absolute Gasteiger partial charge is 0.380 e. The van der Waals surface area contributed by atoms with Crippen LogP contribution in [0.1, 0.15) is 61.3 Å². The van der Waals surface area contributed by atoms with E-state index < -0.39 is 0 Å². The van der Waals surface area contributed by atoms with E-state index in [2.05, 4.69) is 48.3 Å². The summed E-state index contributed by atoms with van der Waals surface area (Å²) < 4.78 is 13.7. The van der Waals surface area contributed by atoms with Crippen molar-refractivity contribution in [3.05, 3.63) is 70.5 Å². The van der Waals surface area contributed by atoms with Gasteiger partial charge in [-0.1, -0.05) is 32.1 Å². The minimum Gasteiger partial charge on any atom is -0.380 e. The van der Waals surface area contributed by atoms with Crippen LogP contribution in [0.15, 0.2) is 42.5 Å². The molecule has 2 atom stereocenters. The molecule has 3 aliphatic rings. The first-order valence-electron chi connectivity index (χ1n) is 11.2. The molecule has 2 aromatic carbocycles. The maximum Gasteiger partial charge on any atom is 0.123 e. The lowest BCUT2D eigenvalue weighted by Gasteiger charge is -2.33. The molecule has 1 aliphatic carbocycles. The van der Waals surface area contributed by atoms with Gasteiger partial charge in [-0.2, -0.15) is 0 Å². The fourth-order valence-electron chi connectivity index (χ4n) is 5.29. The normalized spacial score (nSPS) is 24.6. The number of nitrogens with zero attached hydrogens (tertiary/aromatic N) is 1. The van der Waals surface area contributed by atoms with Gasteiger partial charge in [-0.05, 0) is 96.8 Å². The molecule has 2 aliphatic heterocycles. The van der Waals surface area contributed by atoms with E-state index in [1.807, 2.05) is 6.07 Å². The first-order chi connectivity index (χ1) is 14.1. The zero-order valence-corrected chi connectivity index (χ0v) is 17.5. The number of piperidine rings is 1. The maximum atomic E-state index is 13.7. The van der Waals surface area contributed by atoms with Crippen molar-refractivity contribution in [1.82, 2.24) is 4.90 Å². The highest BCUT2D eigenvalue weighted by atomic mass is 19.1. The monoisotopic (exact) mass is 390 g/mol. The highest BCUT2D eigenvalue weighted by Gasteiger charge is 2.31. The van der Waals surface area contributed by atoms with Gasteiger partial charge in [0.15, 0.2) is 0 Å². The Morgan fingerprint density at radius 2 is 1.90 bits per heavy atom. The lowest BCUT2D eigenvalue weighted by molar-refractivity contribution is 0.183. The van der Waals surface area contributed by atoms with E-state index >= 15 is 0 Å². The molecule has 5 rings (SSSR count). The number of allylic oxidation sites excluding steroid dienone is 1. The Hall–Kier alpha value is -2.13. The molecular weight excluding hydrogens is 359 g/mol. The Labute approximate surface area is 173 Å². The molecule has 0 amide bonds. The Balaban J connectivity index is 1.37. The van der Waals surface area contributed by atoms with Crippen LogP contribution in [0.4, 0.5) is 10.1 Å². The van der Waals surface area contributed by atoms with Gasteiger partial charge in [0, 0.05) is 24.2 Å². The number of likely N-dealkylation sites (tertiary alicyclic amines) is 1. The van der Waals surface area contributed by atoms with Crippen LogP contribution >= 0.6 is 0 Å². The molecule has 1 saturated heterocycles. The Bertz CT molecular complexity index is 940. The van der Waals surface area contributed by atoms with Gasteiger partial charge in [-0.15, -0.1) is 0 Å². The van der Waals surface area contributed by atoms with Gasteiger partial charge in [0.1, 0.15) is 5.82 Å². The highest BCUT2D eigenvalue weighted by molar-refractivity contribution is 5.84. The lowest BCUT2D eigenvalue weighted by Crippen LogP contribution is -2.41. The zero-order valence-electron chi connectivity index (χ0n) is 17.5. The number of hydrogen-bond donors (Lipinski definition) is 1. The smallest absolute Gasteiger partial charge is 0.123 e. The van der Waals surface area contributed by atoms with Crippen molar-refractivity contribution in [2.75, 3.05) is 25.0 Å². The number of benzene rings is 2. The zero-order chi connectivity index (χ0) is 20.0. The number of nitrogens with one attached hydrogen (secondary N) is 1. The second-order valence-electron chi connectivity index (χ2n) is 9.28. The second kappa shape index (κ2) is 7.60. The van der Waals surface area contributed by atoms with Crippen molar-refractivity contribution in [1.29, 1.82) is 0 Å². The summed E-state index contributed by atoms with van der Waals surface area (Å²) in [6, 6.07) is 12.6. The molecule has 2 heterocycles. The molecule has 0 bridgehead atoms.